The number of benzene rings is 2. The lowest BCUT2D eigenvalue weighted by atomic mass is 10.1. The molecular weight excluding hydrogens is 516 g/mol. The Morgan fingerprint density at radius 3 is 2.68 bits per heavy atom. The highest BCUT2D eigenvalue weighted by molar-refractivity contribution is 6.02. The van der Waals surface area contributed by atoms with Crippen molar-refractivity contribution in [3.63, 3.8) is 0 Å². The molecule has 5 rings (SSSR count). The Morgan fingerprint density at radius 1 is 1.22 bits per heavy atom. The van der Waals surface area contributed by atoms with Crippen molar-refractivity contribution in [2.75, 3.05) is 56.9 Å². The van der Waals surface area contributed by atoms with Crippen molar-refractivity contribution in [1.29, 1.82) is 5.26 Å². The SMILES string of the molecule is C=CC(=O)Nc1cc(Nc2ncc(C#N)c(-c3cn(C4=CC4)c4ccccc34)n2)c(OC)cc1N(C)CCN(C)C. The molecule has 2 aromatic carbocycles. The van der Waals surface area contributed by atoms with Crippen LogP contribution in [0.4, 0.5) is 23.0 Å². The van der Waals surface area contributed by atoms with Gasteiger partial charge in [0.15, 0.2) is 0 Å². The Bertz CT molecular complexity index is 1710. The van der Waals surface area contributed by atoms with E-state index in [1.807, 2.05) is 56.5 Å². The molecule has 0 saturated carbocycles. The Labute approximate surface area is 239 Å². The van der Waals surface area contributed by atoms with Gasteiger partial charge in [0, 0.05) is 55.5 Å². The van der Waals surface area contributed by atoms with E-state index in [0.717, 1.165) is 41.7 Å². The van der Waals surface area contributed by atoms with Crippen molar-refractivity contribution < 1.29 is 9.53 Å². The van der Waals surface area contributed by atoms with Crippen molar-refractivity contribution in [1.82, 2.24) is 19.4 Å². The number of nitrogens with zero attached hydrogens (tertiary/aromatic N) is 6. The topological polar surface area (TPSA) is 111 Å². The molecule has 0 fully saturated rings. The quantitative estimate of drug-likeness (QED) is 0.249. The summed E-state index contributed by atoms with van der Waals surface area (Å²) in [5, 5.41) is 17.0. The number of nitriles is 1. The van der Waals surface area contributed by atoms with Gasteiger partial charge in [0.05, 0.1) is 47.1 Å². The lowest BCUT2D eigenvalue weighted by molar-refractivity contribution is -0.111. The molecule has 1 aliphatic rings. The molecule has 0 atom stereocenters. The fraction of sp³-hybridized carbons (Fsp3) is 0.226. The summed E-state index contributed by atoms with van der Waals surface area (Å²) in [4.78, 5) is 25.7. The number of ether oxygens (including phenoxy) is 1. The molecule has 41 heavy (non-hydrogen) atoms. The van der Waals surface area contributed by atoms with E-state index < -0.39 is 0 Å². The van der Waals surface area contributed by atoms with Gasteiger partial charge in [-0.25, -0.2) is 9.97 Å². The average molecular weight is 549 g/mol. The van der Waals surface area contributed by atoms with Crippen LogP contribution in [0.15, 0.2) is 67.5 Å². The van der Waals surface area contributed by atoms with Crippen LogP contribution in [0.5, 0.6) is 5.75 Å². The van der Waals surface area contributed by atoms with E-state index in [1.54, 1.807) is 13.2 Å². The summed E-state index contributed by atoms with van der Waals surface area (Å²) in [6.07, 6.45) is 7.86. The van der Waals surface area contributed by atoms with Crippen molar-refractivity contribution in [2.24, 2.45) is 0 Å². The van der Waals surface area contributed by atoms with Crippen LogP contribution < -0.4 is 20.3 Å². The van der Waals surface area contributed by atoms with Crippen LogP contribution in [0, 0.1) is 11.3 Å². The first-order valence-electron chi connectivity index (χ1n) is 13.2. The van der Waals surface area contributed by atoms with Gasteiger partial charge in [0.25, 0.3) is 0 Å². The molecule has 208 valence electrons. The average Bonchev–Trinajstić information content (AvgIpc) is 3.75. The summed E-state index contributed by atoms with van der Waals surface area (Å²) < 4.78 is 7.87. The van der Waals surface area contributed by atoms with Crippen LogP contribution in [0.25, 0.3) is 27.9 Å². The number of anilines is 4. The number of fused-ring (bicyclic) bond motifs is 1. The van der Waals surface area contributed by atoms with Crippen LogP contribution >= 0.6 is 0 Å². The maximum atomic E-state index is 12.3. The van der Waals surface area contributed by atoms with Crippen LogP contribution in [0.2, 0.25) is 0 Å². The highest BCUT2D eigenvalue weighted by atomic mass is 16.5. The van der Waals surface area contributed by atoms with E-state index in [9.17, 15) is 10.1 Å². The third-order valence-electron chi connectivity index (χ3n) is 6.87. The molecule has 0 bridgehead atoms. The molecule has 1 amide bonds. The van der Waals surface area contributed by atoms with Crippen molar-refractivity contribution in [3.8, 4) is 23.1 Å². The Morgan fingerprint density at radius 2 is 2.00 bits per heavy atom. The zero-order valence-corrected chi connectivity index (χ0v) is 23.6. The summed E-state index contributed by atoms with van der Waals surface area (Å²) >= 11 is 0. The minimum atomic E-state index is -0.331. The molecular formula is C31H32N8O2. The Balaban J connectivity index is 1.56. The largest absolute Gasteiger partial charge is 0.494 e. The van der Waals surface area contributed by atoms with E-state index >= 15 is 0 Å². The molecule has 0 aliphatic heterocycles. The molecule has 2 aromatic heterocycles. The van der Waals surface area contributed by atoms with Crippen LogP contribution in [-0.2, 0) is 4.79 Å². The minimum Gasteiger partial charge on any atom is -0.494 e. The molecule has 1 aliphatic carbocycles. The zero-order chi connectivity index (χ0) is 29.1. The first kappa shape index (κ1) is 27.4. The lowest BCUT2D eigenvalue weighted by Crippen LogP contribution is -2.29. The maximum absolute atomic E-state index is 12.3. The van der Waals surface area contributed by atoms with Crippen molar-refractivity contribution in [3.05, 3.63) is 73.1 Å². The molecule has 10 nitrogen and oxygen atoms in total. The van der Waals surface area contributed by atoms with E-state index in [4.69, 9.17) is 9.72 Å². The third kappa shape index (κ3) is 5.76. The summed E-state index contributed by atoms with van der Waals surface area (Å²) in [6.45, 7) is 5.13. The summed E-state index contributed by atoms with van der Waals surface area (Å²) in [5.74, 6) is 0.497. The second kappa shape index (κ2) is 11.5. The lowest BCUT2D eigenvalue weighted by Gasteiger charge is -2.26. The molecule has 0 spiro atoms. The Hall–Kier alpha value is -5.14. The normalized spacial score (nSPS) is 12.0. The second-order valence-corrected chi connectivity index (χ2v) is 10.0. The molecule has 0 saturated heterocycles. The van der Waals surface area contributed by atoms with Gasteiger partial charge in [-0.3, -0.25) is 4.79 Å². The number of carbonyl (C=O) groups excluding carboxylic acids is 1. The molecule has 0 radical (unpaired) electrons. The van der Waals surface area contributed by atoms with Gasteiger partial charge >= 0.3 is 0 Å². The number of aromatic nitrogens is 3. The van der Waals surface area contributed by atoms with Gasteiger partial charge in [0.2, 0.25) is 11.9 Å². The summed E-state index contributed by atoms with van der Waals surface area (Å²) in [5.41, 5.74) is 5.93. The summed E-state index contributed by atoms with van der Waals surface area (Å²) in [6, 6.07) is 14.0. The van der Waals surface area contributed by atoms with E-state index in [2.05, 4.69) is 49.9 Å². The number of methoxy groups -OCH3 is 1. The zero-order valence-electron chi connectivity index (χ0n) is 23.6. The molecule has 0 unspecified atom stereocenters. The molecule has 4 aromatic rings. The van der Waals surface area contributed by atoms with Gasteiger partial charge in [-0.1, -0.05) is 30.9 Å². The fourth-order valence-electron chi connectivity index (χ4n) is 4.60. The van der Waals surface area contributed by atoms with Gasteiger partial charge in [0.1, 0.15) is 11.8 Å². The van der Waals surface area contributed by atoms with Crippen LogP contribution in [-0.4, -0.2) is 66.7 Å². The number of hydrogen-bond donors (Lipinski definition) is 2. The highest BCUT2D eigenvalue weighted by Crippen LogP contribution is 2.39. The second-order valence-electron chi connectivity index (χ2n) is 10.0. The van der Waals surface area contributed by atoms with Crippen LogP contribution in [0.3, 0.4) is 0 Å². The van der Waals surface area contributed by atoms with Gasteiger partial charge in [-0.15, -0.1) is 0 Å². The van der Waals surface area contributed by atoms with E-state index in [1.165, 1.54) is 18.0 Å². The molecule has 2 heterocycles. The first-order chi connectivity index (χ1) is 19.8. The standard InChI is InChI=1S/C31H32N8O2/c1-6-29(40)34-24-15-25(28(41-5)16-27(24)38(4)14-13-37(2)3)35-31-33-18-20(17-32)30(36-31)23-19-39(21-11-12-21)26-10-8-7-9-22(23)26/h6-11,15-16,18-19H,1,12-14H2,2-5H3,(H,34,40)(H,33,35,36). The number of allylic oxidation sites excluding steroid dienone is 2. The van der Waals surface area contributed by atoms with Gasteiger partial charge in [-0.2, -0.15) is 5.26 Å². The fourth-order valence-corrected chi connectivity index (χ4v) is 4.60. The maximum Gasteiger partial charge on any atom is 0.247 e. The molecule has 10 heteroatoms. The summed E-state index contributed by atoms with van der Waals surface area (Å²) in [7, 11) is 7.56. The van der Waals surface area contributed by atoms with Gasteiger partial charge in [-0.05, 0) is 32.3 Å². The smallest absolute Gasteiger partial charge is 0.247 e. The monoisotopic (exact) mass is 548 g/mol. The number of rotatable bonds is 11. The van der Waals surface area contributed by atoms with Gasteiger partial charge < -0.3 is 29.7 Å². The number of para-hydroxylation sites is 1. The predicted molar refractivity (Wildman–Crippen MR) is 163 cm³/mol. The van der Waals surface area contributed by atoms with E-state index in [-0.39, 0.29) is 11.9 Å². The number of amides is 1. The van der Waals surface area contributed by atoms with Crippen molar-refractivity contribution >= 4 is 45.5 Å². The number of nitrogens with one attached hydrogen (secondary N) is 2. The minimum absolute atomic E-state index is 0.287. The molecule has 2 N–H and O–H groups in total. The third-order valence-corrected chi connectivity index (χ3v) is 6.87. The van der Waals surface area contributed by atoms with Crippen LogP contribution in [0.1, 0.15) is 12.0 Å². The number of likely N-dealkylation sites (N-methyl/N-ethyl adjacent to an activating group) is 2. The van der Waals surface area contributed by atoms with E-state index in [0.29, 0.717) is 28.4 Å². The first-order valence-corrected chi connectivity index (χ1v) is 13.2. The number of carbonyl (C=O) groups is 1. The highest BCUT2D eigenvalue weighted by Gasteiger charge is 2.21. The predicted octanol–water partition coefficient (Wildman–Crippen LogP) is 5.09. The number of hydrogen-bond acceptors (Lipinski definition) is 8. The Kier molecular flexibility index (Phi) is 7.72. The van der Waals surface area contributed by atoms with Crippen molar-refractivity contribution in [2.45, 2.75) is 6.42 Å².